The Balaban J connectivity index is 2.09. The van der Waals surface area contributed by atoms with E-state index in [4.69, 9.17) is 0 Å². The number of rotatable bonds is 4. The molecule has 1 aromatic carbocycles. The molecule has 2 N–H and O–H groups in total. The molecule has 0 aliphatic heterocycles. The average Bonchev–Trinajstić information content (AvgIpc) is 2.47. The molecule has 0 aromatic heterocycles. The minimum Gasteiger partial charge on any atom is -0.392 e. The van der Waals surface area contributed by atoms with Gasteiger partial charge < -0.3 is 10.4 Å². The highest BCUT2D eigenvalue weighted by Crippen LogP contribution is 2.38. The molecule has 1 amide bonds. The zero-order chi connectivity index (χ0) is 15.4. The number of hydrogen-bond donors (Lipinski definition) is 2. The maximum Gasteiger partial charge on any atom is 0.227 e. The molecule has 116 valence electrons. The standard InChI is InChI=1S/C18H27NO2/c1-12(2)16-8-7-13(3)9-17(16)18(21)19-15-6-4-5-14(10-15)11-20/h4-6,10,12-13,16-17,20H,7-9,11H2,1-3H3,(H,19,21)/t13-,16+,17-/m1/s1. The van der Waals surface area contributed by atoms with Crippen molar-refractivity contribution in [3.8, 4) is 0 Å². The summed E-state index contributed by atoms with van der Waals surface area (Å²) < 4.78 is 0. The smallest absolute Gasteiger partial charge is 0.227 e. The van der Waals surface area contributed by atoms with E-state index in [1.54, 1.807) is 0 Å². The van der Waals surface area contributed by atoms with Gasteiger partial charge in [0, 0.05) is 11.6 Å². The molecule has 1 saturated carbocycles. The van der Waals surface area contributed by atoms with Gasteiger partial charge in [-0.1, -0.05) is 39.3 Å². The van der Waals surface area contributed by atoms with Crippen molar-refractivity contribution in [2.45, 2.75) is 46.6 Å². The van der Waals surface area contributed by atoms with Crippen LogP contribution in [0.5, 0.6) is 0 Å². The van der Waals surface area contributed by atoms with Crippen LogP contribution in [0.3, 0.4) is 0 Å². The molecule has 1 aromatic rings. The molecule has 0 unspecified atom stereocenters. The van der Waals surface area contributed by atoms with Crippen LogP contribution in [-0.4, -0.2) is 11.0 Å². The van der Waals surface area contributed by atoms with Gasteiger partial charge in [-0.2, -0.15) is 0 Å². The summed E-state index contributed by atoms with van der Waals surface area (Å²) in [5.41, 5.74) is 1.61. The number of carbonyl (C=O) groups excluding carboxylic acids is 1. The fourth-order valence-electron chi connectivity index (χ4n) is 3.49. The molecular formula is C18H27NO2. The van der Waals surface area contributed by atoms with Crippen LogP contribution in [0.1, 0.15) is 45.6 Å². The molecule has 0 radical (unpaired) electrons. The molecule has 2 rings (SSSR count). The van der Waals surface area contributed by atoms with Gasteiger partial charge in [0.25, 0.3) is 0 Å². The first-order valence-corrected chi connectivity index (χ1v) is 8.02. The molecule has 0 saturated heterocycles. The van der Waals surface area contributed by atoms with Crippen LogP contribution in [0.4, 0.5) is 5.69 Å². The lowest BCUT2D eigenvalue weighted by molar-refractivity contribution is -0.123. The minimum absolute atomic E-state index is 0.00120. The largest absolute Gasteiger partial charge is 0.392 e. The Morgan fingerprint density at radius 3 is 2.81 bits per heavy atom. The van der Waals surface area contributed by atoms with Crippen LogP contribution in [0.15, 0.2) is 24.3 Å². The van der Waals surface area contributed by atoms with Gasteiger partial charge in [0.05, 0.1) is 6.61 Å². The van der Waals surface area contributed by atoms with Crippen LogP contribution in [0.25, 0.3) is 0 Å². The fourth-order valence-corrected chi connectivity index (χ4v) is 3.49. The molecule has 3 nitrogen and oxygen atoms in total. The quantitative estimate of drug-likeness (QED) is 0.885. The van der Waals surface area contributed by atoms with Crippen molar-refractivity contribution in [2.75, 3.05) is 5.32 Å². The third-order valence-electron chi connectivity index (χ3n) is 4.74. The SMILES string of the molecule is CC(C)[C@@H]1CC[C@@H](C)C[C@H]1C(=O)Nc1cccc(CO)c1. The maximum absolute atomic E-state index is 12.7. The third kappa shape index (κ3) is 4.07. The highest BCUT2D eigenvalue weighted by molar-refractivity contribution is 5.92. The minimum atomic E-state index is -0.00120. The number of anilines is 1. The van der Waals surface area contributed by atoms with E-state index in [-0.39, 0.29) is 18.4 Å². The van der Waals surface area contributed by atoms with Crippen molar-refractivity contribution < 1.29 is 9.90 Å². The lowest BCUT2D eigenvalue weighted by Gasteiger charge is -2.36. The van der Waals surface area contributed by atoms with Crippen molar-refractivity contribution in [3.63, 3.8) is 0 Å². The monoisotopic (exact) mass is 289 g/mol. The Morgan fingerprint density at radius 1 is 1.38 bits per heavy atom. The zero-order valence-electron chi connectivity index (χ0n) is 13.3. The van der Waals surface area contributed by atoms with E-state index < -0.39 is 0 Å². The summed E-state index contributed by atoms with van der Waals surface area (Å²) in [7, 11) is 0. The highest BCUT2D eigenvalue weighted by Gasteiger charge is 2.35. The van der Waals surface area contributed by atoms with E-state index >= 15 is 0 Å². The molecule has 3 heteroatoms. The maximum atomic E-state index is 12.7. The van der Waals surface area contributed by atoms with Crippen molar-refractivity contribution >= 4 is 11.6 Å². The predicted octanol–water partition coefficient (Wildman–Crippen LogP) is 3.83. The first-order chi connectivity index (χ1) is 10.0. The molecular weight excluding hydrogens is 262 g/mol. The van der Waals surface area contributed by atoms with Gasteiger partial charge in [-0.25, -0.2) is 0 Å². The van der Waals surface area contributed by atoms with E-state index in [1.807, 2.05) is 24.3 Å². The Hall–Kier alpha value is -1.35. The van der Waals surface area contributed by atoms with Gasteiger partial charge in [-0.3, -0.25) is 4.79 Å². The van der Waals surface area contributed by atoms with Crippen LogP contribution < -0.4 is 5.32 Å². The number of aliphatic hydroxyl groups is 1. The molecule has 3 atom stereocenters. The van der Waals surface area contributed by atoms with Crippen molar-refractivity contribution in [1.82, 2.24) is 0 Å². The van der Waals surface area contributed by atoms with Crippen molar-refractivity contribution in [2.24, 2.45) is 23.7 Å². The van der Waals surface area contributed by atoms with Gasteiger partial charge in [0.15, 0.2) is 0 Å². The second-order valence-electron chi connectivity index (χ2n) is 6.78. The second kappa shape index (κ2) is 7.08. The van der Waals surface area contributed by atoms with Gasteiger partial charge in [0.1, 0.15) is 0 Å². The zero-order valence-corrected chi connectivity index (χ0v) is 13.3. The molecule has 1 fully saturated rings. The molecule has 21 heavy (non-hydrogen) atoms. The third-order valence-corrected chi connectivity index (χ3v) is 4.74. The van der Waals surface area contributed by atoms with E-state index in [9.17, 15) is 9.90 Å². The van der Waals surface area contributed by atoms with E-state index in [1.165, 1.54) is 6.42 Å². The first kappa shape index (κ1) is 16.0. The second-order valence-corrected chi connectivity index (χ2v) is 6.78. The van der Waals surface area contributed by atoms with Crippen molar-refractivity contribution in [1.29, 1.82) is 0 Å². The number of carbonyl (C=O) groups is 1. The summed E-state index contributed by atoms with van der Waals surface area (Å²) in [5.74, 6) is 1.88. The molecule has 0 heterocycles. The lowest BCUT2D eigenvalue weighted by Crippen LogP contribution is -2.36. The predicted molar refractivity (Wildman–Crippen MR) is 85.8 cm³/mol. The average molecular weight is 289 g/mol. The lowest BCUT2D eigenvalue weighted by atomic mass is 9.70. The van der Waals surface area contributed by atoms with Gasteiger partial charge >= 0.3 is 0 Å². The number of hydrogen-bond acceptors (Lipinski definition) is 2. The number of nitrogens with one attached hydrogen (secondary N) is 1. The summed E-state index contributed by atoms with van der Waals surface area (Å²) in [6.07, 6.45) is 3.36. The van der Waals surface area contributed by atoms with Gasteiger partial charge in [-0.05, 0) is 48.3 Å². The van der Waals surface area contributed by atoms with E-state index in [0.29, 0.717) is 17.8 Å². The van der Waals surface area contributed by atoms with Crippen molar-refractivity contribution in [3.05, 3.63) is 29.8 Å². The molecule has 0 spiro atoms. The highest BCUT2D eigenvalue weighted by atomic mass is 16.3. The first-order valence-electron chi connectivity index (χ1n) is 8.02. The van der Waals surface area contributed by atoms with Crippen LogP contribution in [0, 0.1) is 23.7 Å². The summed E-state index contributed by atoms with van der Waals surface area (Å²) in [6, 6.07) is 7.45. The summed E-state index contributed by atoms with van der Waals surface area (Å²) >= 11 is 0. The number of benzene rings is 1. The summed E-state index contributed by atoms with van der Waals surface area (Å²) in [4.78, 5) is 12.7. The van der Waals surface area contributed by atoms with Crippen LogP contribution >= 0.6 is 0 Å². The van der Waals surface area contributed by atoms with Gasteiger partial charge in [0.2, 0.25) is 5.91 Å². The Morgan fingerprint density at radius 2 is 2.14 bits per heavy atom. The van der Waals surface area contributed by atoms with E-state index in [0.717, 1.165) is 24.1 Å². The molecule has 1 aliphatic rings. The Kier molecular flexibility index (Phi) is 5.40. The van der Waals surface area contributed by atoms with Crippen LogP contribution in [0.2, 0.25) is 0 Å². The Labute approximate surface area is 127 Å². The summed E-state index contributed by atoms with van der Waals surface area (Å²) in [6.45, 7) is 6.67. The Bertz CT molecular complexity index is 484. The molecule has 0 bridgehead atoms. The number of aliphatic hydroxyl groups excluding tert-OH is 1. The fraction of sp³-hybridized carbons (Fsp3) is 0.611. The topological polar surface area (TPSA) is 49.3 Å². The number of amides is 1. The summed E-state index contributed by atoms with van der Waals surface area (Å²) in [5, 5.41) is 12.2. The van der Waals surface area contributed by atoms with Gasteiger partial charge in [-0.15, -0.1) is 0 Å². The normalized spacial score (nSPS) is 25.9. The van der Waals surface area contributed by atoms with E-state index in [2.05, 4.69) is 26.1 Å². The molecule has 1 aliphatic carbocycles. The van der Waals surface area contributed by atoms with Crippen LogP contribution in [-0.2, 0) is 11.4 Å².